The third-order valence-corrected chi connectivity index (χ3v) is 5.64. The van der Waals surface area contributed by atoms with E-state index in [2.05, 4.69) is 5.32 Å². The molecule has 2 amide bonds. The molecule has 0 bridgehead atoms. The molecule has 1 atom stereocenters. The number of Topliss-reactive ketones (excluding diaryl/α,β-unsaturated/α-hetero) is 1. The highest BCUT2D eigenvalue weighted by molar-refractivity contribution is 7.09. The summed E-state index contributed by atoms with van der Waals surface area (Å²) in [4.78, 5) is 26.8. The molecule has 9 heteroatoms. The van der Waals surface area contributed by atoms with Crippen LogP contribution in [0.2, 0.25) is 0 Å². The molecule has 1 unspecified atom stereocenters. The first-order valence-corrected chi connectivity index (χ1v) is 10.7. The molecule has 6 nitrogen and oxygen atoms in total. The van der Waals surface area contributed by atoms with Crippen LogP contribution in [0.15, 0.2) is 29.6 Å². The van der Waals surface area contributed by atoms with Crippen molar-refractivity contribution < 1.29 is 27.8 Å². The number of carbonyl (C=O) groups is 2. The number of urea groups is 1. The molecule has 0 radical (unpaired) electrons. The number of halogens is 2. The first-order valence-electron chi connectivity index (χ1n) is 9.79. The number of carbonyl (C=O) groups excluding carboxylic acids is 2. The van der Waals surface area contributed by atoms with E-state index >= 15 is 0 Å². The molecule has 0 spiro atoms. The second-order valence-electron chi connectivity index (χ2n) is 6.86. The van der Waals surface area contributed by atoms with E-state index in [9.17, 15) is 18.4 Å². The first kappa shape index (κ1) is 22.2. The Kier molecular flexibility index (Phi) is 7.75. The molecule has 1 aliphatic rings. The summed E-state index contributed by atoms with van der Waals surface area (Å²) < 4.78 is 39.2. The van der Waals surface area contributed by atoms with Gasteiger partial charge in [0.15, 0.2) is 23.2 Å². The van der Waals surface area contributed by atoms with Gasteiger partial charge in [0.2, 0.25) is 0 Å². The highest BCUT2D eigenvalue weighted by Crippen LogP contribution is 2.24. The lowest BCUT2D eigenvalue weighted by Crippen LogP contribution is -2.51. The summed E-state index contributed by atoms with van der Waals surface area (Å²) in [5, 5.41) is 4.86. The van der Waals surface area contributed by atoms with Crippen molar-refractivity contribution in [3.63, 3.8) is 0 Å². The van der Waals surface area contributed by atoms with Crippen LogP contribution in [-0.4, -0.2) is 55.7 Å². The number of nitrogens with one attached hydrogen (secondary N) is 1. The monoisotopic (exact) mass is 438 g/mol. The summed E-state index contributed by atoms with van der Waals surface area (Å²) in [7, 11) is 0. The van der Waals surface area contributed by atoms with Crippen LogP contribution >= 0.6 is 11.3 Å². The van der Waals surface area contributed by atoms with E-state index < -0.39 is 23.5 Å². The number of thiophene rings is 1. The molecule has 0 saturated carbocycles. The molecule has 0 aliphatic carbocycles. The van der Waals surface area contributed by atoms with Crippen LogP contribution in [0.3, 0.4) is 0 Å². The van der Waals surface area contributed by atoms with Gasteiger partial charge in [0.05, 0.1) is 13.2 Å². The van der Waals surface area contributed by atoms with Crippen molar-refractivity contribution in [3.05, 3.63) is 51.7 Å². The van der Waals surface area contributed by atoms with Gasteiger partial charge in [-0.25, -0.2) is 13.6 Å². The van der Waals surface area contributed by atoms with Crippen LogP contribution in [0, 0.1) is 11.6 Å². The van der Waals surface area contributed by atoms with E-state index in [4.69, 9.17) is 9.47 Å². The van der Waals surface area contributed by atoms with Gasteiger partial charge in [0.25, 0.3) is 0 Å². The van der Waals surface area contributed by atoms with Crippen molar-refractivity contribution in [3.8, 4) is 5.75 Å². The minimum Gasteiger partial charge on any atom is -0.485 e. The number of morpholine rings is 1. The molecular weight excluding hydrogens is 414 g/mol. The van der Waals surface area contributed by atoms with Crippen molar-refractivity contribution in [1.29, 1.82) is 0 Å². The topological polar surface area (TPSA) is 67.9 Å². The SMILES string of the molecule is CCC(=O)c1cc(F)c(OCC2CN(C(=O)NCCc3cccs3)CCO2)c(F)c1. The molecule has 2 aromatic rings. The number of benzene rings is 1. The van der Waals surface area contributed by atoms with Crippen LogP contribution < -0.4 is 10.1 Å². The summed E-state index contributed by atoms with van der Waals surface area (Å²) in [5.74, 6) is -2.78. The number of hydrogen-bond donors (Lipinski definition) is 1. The molecule has 162 valence electrons. The number of hydrogen-bond acceptors (Lipinski definition) is 5. The van der Waals surface area contributed by atoms with E-state index in [0.717, 1.165) is 18.6 Å². The molecule has 30 heavy (non-hydrogen) atoms. The van der Waals surface area contributed by atoms with Crippen LogP contribution in [0.1, 0.15) is 28.6 Å². The molecule has 1 aliphatic heterocycles. The Labute approximate surface area is 177 Å². The lowest BCUT2D eigenvalue weighted by Gasteiger charge is -2.32. The molecular formula is C21H24F2N2O4S. The molecule has 1 N–H and O–H groups in total. The van der Waals surface area contributed by atoms with E-state index in [-0.39, 0.29) is 37.0 Å². The fraction of sp³-hybridized carbons (Fsp3) is 0.429. The van der Waals surface area contributed by atoms with Gasteiger partial charge in [0, 0.05) is 30.0 Å². The van der Waals surface area contributed by atoms with Gasteiger partial charge >= 0.3 is 6.03 Å². The van der Waals surface area contributed by atoms with Crippen LogP contribution in [0.25, 0.3) is 0 Å². The molecule has 3 rings (SSSR count). The number of ketones is 1. The van der Waals surface area contributed by atoms with Crippen molar-refractivity contribution in [2.45, 2.75) is 25.9 Å². The maximum absolute atomic E-state index is 14.2. The summed E-state index contributed by atoms with van der Waals surface area (Å²) in [6, 6.07) is 5.72. The smallest absolute Gasteiger partial charge is 0.317 e. The molecule has 2 heterocycles. The van der Waals surface area contributed by atoms with Crippen LogP contribution in [0.4, 0.5) is 13.6 Å². The van der Waals surface area contributed by atoms with E-state index in [1.54, 1.807) is 23.2 Å². The molecule has 1 fully saturated rings. The Bertz CT molecular complexity index is 853. The zero-order valence-electron chi connectivity index (χ0n) is 16.7. The Morgan fingerprint density at radius 2 is 2.10 bits per heavy atom. The van der Waals surface area contributed by atoms with Crippen molar-refractivity contribution in [1.82, 2.24) is 10.2 Å². The average molecular weight is 438 g/mol. The molecule has 1 saturated heterocycles. The van der Waals surface area contributed by atoms with E-state index in [1.165, 1.54) is 4.88 Å². The minimum atomic E-state index is -0.939. The zero-order chi connectivity index (χ0) is 21.5. The second kappa shape index (κ2) is 10.5. The number of nitrogens with zero attached hydrogens (tertiary/aromatic N) is 1. The Morgan fingerprint density at radius 1 is 1.33 bits per heavy atom. The fourth-order valence-corrected chi connectivity index (χ4v) is 3.81. The highest BCUT2D eigenvalue weighted by Gasteiger charge is 2.26. The van der Waals surface area contributed by atoms with Gasteiger partial charge < -0.3 is 19.7 Å². The molecule has 1 aromatic heterocycles. The summed E-state index contributed by atoms with van der Waals surface area (Å²) in [6.45, 7) is 3.01. The average Bonchev–Trinajstić information content (AvgIpc) is 3.26. The maximum Gasteiger partial charge on any atom is 0.317 e. The zero-order valence-corrected chi connectivity index (χ0v) is 17.5. The lowest BCUT2D eigenvalue weighted by molar-refractivity contribution is -0.0362. The van der Waals surface area contributed by atoms with Gasteiger partial charge in [-0.2, -0.15) is 0 Å². The predicted molar refractivity (Wildman–Crippen MR) is 109 cm³/mol. The van der Waals surface area contributed by atoms with E-state index in [0.29, 0.717) is 19.7 Å². The number of rotatable bonds is 8. The Balaban J connectivity index is 1.50. The van der Waals surface area contributed by atoms with Gasteiger partial charge in [-0.1, -0.05) is 13.0 Å². The summed E-state index contributed by atoms with van der Waals surface area (Å²) in [5.41, 5.74) is -0.0286. The summed E-state index contributed by atoms with van der Waals surface area (Å²) >= 11 is 1.64. The fourth-order valence-electron chi connectivity index (χ4n) is 3.10. The minimum absolute atomic E-state index is 0.0286. The normalized spacial score (nSPS) is 16.4. The number of ether oxygens (including phenoxy) is 2. The Morgan fingerprint density at radius 3 is 2.77 bits per heavy atom. The van der Waals surface area contributed by atoms with Crippen molar-refractivity contribution in [2.24, 2.45) is 0 Å². The second-order valence-corrected chi connectivity index (χ2v) is 7.89. The quantitative estimate of drug-likeness (QED) is 0.639. The predicted octanol–water partition coefficient (Wildman–Crippen LogP) is 3.65. The third kappa shape index (κ3) is 5.76. The highest BCUT2D eigenvalue weighted by atomic mass is 32.1. The molecule has 1 aromatic carbocycles. The van der Waals surface area contributed by atoms with Crippen molar-refractivity contribution >= 4 is 23.2 Å². The largest absolute Gasteiger partial charge is 0.485 e. The first-order chi connectivity index (χ1) is 14.5. The van der Waals surface area contributed by atoms with Gasteiger partial charge in [-0.05, 0) is 30.0 Å². The van der Waals surface area contributed by atoms with Crippen LogP contribution in [0.5, 0.6) is 5.75 Å². The Hall–Kier alpha value is -2.52. The third-order valence-electron chi connectivity index (χ3n) is 4.71. The van der Waals surface area contributed by atoms with E-state index in [1.807, 2.05) is 17.5 Å². The van der Waals surface area contributed by atoms with Crippen LogP contribution in [-0.2, 0) is 11.2 Å². The van der Waals surface area contributed by atoms with Gasteiger partial charge in [-0.3, -0.25) is 4.79 Å². The lowest BCUT2D eigenvalue weighted by atomic mass is 10.1. The number of amides is 2. The van der Waals surface area contributed by atoms with Gasteiger partial charge in [-0.15, -0.1) is 11.3 Å². The standard InChI is InChI=1S/C21H24F2N2O4S/c1-2-19(26)14-10-17(22)20(18(23)11-14)29-13-15-12-25(7-8-28-15)21(27)24-6-5-16-4-3-9-30-16/h3-4,9-11,15H,2,5-8,12-13H2,1H3,(H,24,27). The van der Waals surface area contributed by atoms with Crippen molar-refractivity contribution in [2.75, 3.05) is 32.8 Å². The summed E-state index contributed by atoms with van der Waals surface area (Å²) in [6.07, 6.45) is 0.396. The maximum atomic E-state index is 14.2. The van der Waals surface area contributed by atoms with Gasteiger partial charge in [0.1, 0.15) is 12.7 Å².